The highest BCUT2D eigenvalue weighted by atomic mass is 19.4. The predicted molar refractivity (Wildman–Crippen MR) is 108 cm³/mol. The topological polar surface area (TPSA) is 70.4 Å². The minimum Gasteiger partial charge on any atom is -0.497 e. The zero-order valence-electron chi connectivity index (χ0n) is 17.3. The summed E-state index contributed by atoms with van der Waals surface area (Å²) in [7, 11) is 2.96. The number of ether oxygens (including phenoxy) is 4. The van der Waals surface area contributed by atoms with E-state index < -0.39 is 23.1 Å². The molecule has 1 aromatic heterocycles. The van der Waals surface area contributed by atoms with Crippen LogP contribution in [0.5, 0.6) is 23.0 Å². The molecule has 0 radical (unpaired) electrons. The van der Waals surface area contributed by atoms with Crippen LogP contribution in [0.2, 0.25) is 0 Å². The van der Waals surface area contributed by atoms with Crippen molar-refractivity contribution in [2.45, 2.75) is 12.7 Å². The van der Waals surface area contributed by atoms with Gasteiger partial charge in [-0.2, -0.15) is 13.2 Å². The fourth-order valence-electron chi connectivity index (χ4n) is 3.42. The van der Waals surface area contributed by atoms with E-state index in [0.29, 0.717) is 30.2 Å². The molecule has 7 nitrogen and oxygen atoms in total. The van der Waals surface area contributed by atoms with Crippen LogP contribution in [0.15, 0.2) is 45.6 Å². The van der Waals surface area contributed by atoms with E-state index in [1.165, 1.54) is 31.4 Å². The van der Waals surface area contributed by atoms with Gasteiger partial charge in [0.05, 0.1) is 24.7 Å². The fourth-order valence-corrected chi connectivity index (χ4v) is 3.42. The molecule has 0 fully saturated rings. The minimum absolute atomic E-state index is 0.00790. The van der Waals surface area contributed by atoms with Crippen LogP contribution in [0.25, 0.3) is 11.0 Å². The number of benzene rings is 2. The zero-order valence-corrected chi connectivity index (χ0v) is 17.3. The molecule has 1 aliphatic heterocycles. The van der Waals surface area contributed by atoms with Crippen LogP contribution in [0.3, 0.4) is 0 Å². The fraction of sp³-hybridized carbons (Fsp3) is 0.318. The zero-order chi connectivity index (χ0) is 22.9. The monoisotopic (exact) mass is 451 g/mol. The van der Waals surface area contributed by atoms with Crippen LogP contribution < -0.4 is 19.6 Å². The Morgan fingerprint density at radius 2 is 1.91 bits per heavy atom. The second kappa shape index (κ2) is 8.71. The van der Waals surface area contributed by atoms with Gasteiger partial charge in [0.25, 0.3) is 5.76 Å². The minimum atomic E-state index is -4.96. The summed E-state index contributed by atoms with van der Waals surface area (Å²) in [6.45, 7) is 1.40. The van der Waals surface area contributed by atoms with Gasteiger partial charge in [-0.25, -0.2) is 0 Å². The maximum absolute atomic E-state index is 13.9. The standard InChI is InChI=1S/C22H20F3NO6/c1-28-9-8-26-11-16-17(30-12-26)7-6-15-18(27)20(21(22(23,24)25)32-19(15)16)31-14-5-3-4-13(10-14)29-2/h3-7,10H,8-9,11-12H2,1-2H3. The summed E-state index contributed by atoms with van der Waals surface area (Å²) in [6, 6.07) is 8.85. The van der Waals surface area contributed by atoms with Gasteiger partial charge in [0.2, 0.25) is 11.2 Å². The first-order valence-electron chi connectivity index (χ1n) is 9.67. The third-order valence-corrected chi connectivity index (χ3v) is 4.99. The Morgan fingerprint density at radius 1 is 1.12 bits per heavy atom. The maximum atomic E-state index is 13.9. The van der Waals surface area contributed by atoms with E-state index in [2.05, 4.69) is 0 Å². The number of hydrogen-bond acceptors (Lipinski definition) is 7. The average molecular weight is 451 g/mol. The third-order valence-electron chi connectivity index (χ3n) is 4.99. The van der Waals surface area contributed by atoms with Gasteiger partial charge in [-0.15, -0.1) is 0 Å². The molecule has 0 aliphatic carbocycles. The molecule has 0 unspecified atom stereocenters. The summed E-state index contributed by atoms with van der Waals surface area (Å²) in [4.78, 5) is 14.9. The first kappa shape index (κ1) is 22.0. The van der Waals surface area contributed by atoms with Crippen LogP contribution >= 0.6 is 0 Å². The second-order valence-corrected chi connectivity index (χ2v) is 7.11. The predicted octanol–water partition coefficient (Wildman–Crippen LogP) is 4.41. The molecular weight excluding hydrogens is 431 g/mol. The lowest BCUT2D eigenvalue weighted by molar-refractivity contribution is -0.154. The normalized spacial score (nSPS) is 14.2. The molecule has 1 aliphatic rings. The van der Waals surface area contributed by atoms with Crippen molar-refractivity contribution in [2.24, 2.45) is 0 Å². The van der Waals surface area contributed by atoms with Gasteiger partial charge in [-0.3, -0.25) is 9.69 Å². The van der Waals surface area contributed by atoms with Crippen LogP contribution in [-0.2, 0) is 17.5 Å². The van der Waals surface area contributed by atoms with Crippen molar-refractivity contribution in [3.63, 3.8) is 0 Å². The Kier molecular flexibility index (Phi) is 5.98. The third kappa shape index (κ3) is 4.23. The highest BCUT2D eigenvalue weighted by molar-refractivity contribution is 5.83. The van der Waals surface area contributed by atoms with E-state index in [-0.39, 0.29) is 30.0 Å². The summed E-state index contributed by atoms with van der Waals surface area (Å²) < 4.78 is 68.1. The molecular formula is C22H20F3NO6. The van der Waals surface area contributed by atoms with Gasteiger partial charge in [-0.1, -0.05) is 6.07 Å². The van der Waals surface area contributed by atoms with Gasteiger partial charge < -0.3 is 23.4 Å². The highest BCUT2D eigenvalue weighted by Crippen LogP contribution is 2.41. The van der Waals surface area contributed by atoms with Gasteiger partial charge in [0.15, 0.2) is 0 Å². The Labute approximate surface area is 180 Å². The smallest absolute Gasteiger partial charge is 0.453 e. The Hall–Kier alpha value is -3.24. The second-order valence-electron chi connectivity index (χ2n) is 7.11. The lowest BCUT2D eigenvalue weighted by atomic mass is 10.1. The largest absolute Gasteiger partial charge is 0.497 e. The Balaban J connectivity index is 1.85. The number of alkyl halides is 3. The van der Waals surface area contributed by atoms with E-state index in [9.17, 15) is 18.0 Å². The molecule has 0 saturated heterocycles. The van der Waals surface area contributed by atoms with E-state index >= 15 is 0 Å². The van der Waals surface area contributed by atoms with E-state index in [1.807, 2.05) is 4.90 Å². The molecule has 4 rings (SSSR count). The van der Waals surface area contributed by atoms with Crippen LogP contribution in [-0.4, -0.2) is 39.0 Å². The quantitative estimate of drug-likeness (QED) is 0.550. The molecule has 0 amide bonds. The maximum Gasteiger partial charge on any atom is 0.453 e. The number of nitrogens with zero attached hydrogens (tertiary/aromatic N) is 1. The average Bonchev–Trinajstić information content (AvgIpc) is 2.78. The number of halogens is 3. The number of hydrogen-bond donors (Lipinski definition) is 0. The van der Waals surface area contributed by atoms with Gasteiger partial charge in [0.1, 0.15) is 29.6 Å². The number of fused-ring (bicyclic) bond motifs is 3. The number of rotatable bonds is 6. The molecule has 0 bridgehead atoms. The van der Waals surface area contributed by atoms with Crippen molar-refractivity contribution in [3.8, 4) is 23.0 Å². The van der Waals surface area contributed by atoms with Crippen molar-refractivity contribution in [2.75, 3.05) is 34.1 Å². The lowest BCUT2D eigenvalue weighted by Crippen LogP contribution is -2.34. The van der Waals surface area contributed by atoms with Crippen molar-refractivity contribution >= 4 is 11.0 Å². The SMILES string of the molecule is COCCN1COc2ccc3c(=O)c(Oc4cccc(OC)c4)c(C(F)(F)F)oc3c2C1. The van der Waals surface area contributed by atoms with Crippen molar-refractivity contribution in [1.29, 1.82) is 0 Å². The molecule has 3 aromatic rings. The molecule has 170 valence electrons. The summed E-state index contributed by atoms with van der Waals surface area (Å²) in [5, 5.41) is -0.0353. The van der Waals surface area contributed by atoms with E-state index in [0.717, 1.165) is 0 Å². The van der Waals surface area contributed by atoms with E-state index in [1.54, 1.807) is 19.2 Å². The summed E-state index contributed by atoms with van der Waals surface area (Å²) in [5.74, 6) is -1.72. The molecule has 2 heterocycles. The molecule has 0 saturated carbocycles. The van der Waals surface area contributed by atoms with Gasteiger partial charge in [-0.05, 0) is 24.3 Å². The summed E-state index contributed by atoms with van der Waals surface area (Å²) >= 11 is 0. The molecule has 32 heavy (non-hydrogen) atoms. The van der Waals surface area contributed by atoms with Gasteiger partial charge >= 0.3 is 6.18 Å². The van der Waals surface area contributed by atoms with Crippen LogP contribution in [0, 0.1) is 0 Å². The first-order valence-corrected chi connectivity index (χ1v) is 9.67. The molecule has 2 aromatic carbocycles. The molecule has 10 heteroatoms. The molecule has 0 atom stereocenters. The van der Waals surface area contributed by atoms with E-state index in [4.69, 9.17) is 23.4 Å². The van der Waals surface area contributed by atoms with Crippen molar-refractivity contribution < 1.29 is 36.5 Å². The van der Waals surface area contributed by atoms with Gasteiger partial charge in [0, 0.05) is 26.3 Å². The van der Waals surface area contributed by atoms with Crippen LogP contribution in [0.4, 0.5) is 13.2 Å². The molecule has 0 spiro atoms. The Bertz CT molecular complexity index is 1190. The van der Waals surface area contributed by atoms with Crippen molar-refractivity contribution in [1.82, 2.24) is 4.90 Å². The highest BCUT2D eigenvalue weighted by Gasteiger charge is 2.41. The summed E-state index contributed by atoms with van der Waals surface area (Å²) in [6.07, 6.45) is -4.96. The van der Waals surface area contributed by atoms with Crippen LogP contribution in [0.1, 0.15) is 11.3 Å². The van der Waals surface area contributed by atoms with Crippen molar-refractivity contribution in [3.05, 3.63) is 57.9 Å². The lowest BCUT2D eigenvalue weighted by Gasteiger charge is -2.29. The number of methoxy groups -OCH3 is 2. The summed E-state index contributed by atoms with van der Waals surface area (Å²) in [5.41, 5.74) is -0.751. The Morgan fingerprint density at radius 3 is 2.62 bits per heavy atom. The molecule has 0 N–H and O–H groups in total. The first-order chi connectivity index (χ1) is 15.3.